The molecule has 7 heteroatoms. The summed E-state index contributed by atoms with van der Waals surface area (Å²) < 4.78 is 14.1. The highest BCUT2D eigenvalue weighted by molar-refractivity contribution is 6.01. The minimum atomic E-state index is -0.501. The fourth-order valence-electron chi connectivity index (χ4n) is 2.54. The molecule has 1 aromatic heterocycles. The number of aromatic nitrogens is 1. The van der Waals surface area contributed by atoms with Crippen LogP contribution in [-0.2, 0) is 25.4 Å². The quantitative estimate of drug-likeness (QED) is 0.643. The summed E-state index contributed by atoms with van der Waals surface area (Å²) in [7, 11) is 3.93. The van der Waals surface area contributed by atoms with E-state index in [1.807, 2.05) is 0 Å². The average Bonchev–Trinajstić information content (AvgIpc) is 2.98. The minimum absolute atomic E-state index is 0.237. The third kappa shape index (κ3) is 3.56. The Morgan fingerprint density at radius 2 is 1.71 bits per heavy atom. The maximum Gasteiger partial charge on any atom is 0.354 e. The second kappa shape index (κ2) is 7.63. The van der Waals surface area contributed by atoms with Gasteiger partial charge in [-0.05, 0) is 36.6 Å². The number of carbonyl (C=O) groups excluding carboxylic acids is 3. The van der Waals surface area contributed by atoms with Crippen LogP contribution in [0.4, 0.5) is 0 Å². The highest BCUT2D eigenvalue weighted by Gasteiger charge is 2.19. The van der Waals surface area contributed by atoms with Gasteiger partial charge in [-0.2, -0.15) is 0 Å². The number of hydrogen-bond acceptors (Lipinski definition) is 6. The van der Waals surface area contributed by atoms with Crippen LogP contribution in [-0.4, -0.2) is 44.2 Å². The Hall–Kier alpha value is -2.83. The maximum absolute atomic E-state index is 12.0. The van der Waals surface area contributed by atoms with Gasteiger partial charge in [0, 0.05) is 17.3 Å². The van der Waals surface area contributed by atoms with E-state index in [0.717, 1.165) is 5.39 Å². The van der Waals surface area contributed by atoms with Crippen molar-refractivity contribution in [1.82, 2.24) is 4.98 Å². The molecule has 2 rings (SSSR count). The zero-order valence-corrected chi connectivity index (χ0v) is 13.8. The second-order valence-electron chi connectivity index (χ2n) is 5.15. The van der Waals surface area contributed by atoms with Gasteiger partial charge in [0.2, 0.25) is 0 Å². The molecule has 128 valence electrons. The number of H-pyrrole nitrogens is 1. The normalized spacial score (nSPS) is 10.5. The number of hydrogen-bond donors (Lipinski definition) is 1. The Kier molecular flexibility index (Phi) is 5.57. The summed E-state index contributed by atoms with van der Waals surface area (Å²) in [5.74, 6) is -1.28. The zero-order valence-electron chi connectivity index (χ0n) is 13.8. The number of carbonyl (C=O) groups is 3. The molecule has 0 fully saturated rings. The summed E-state index contributed by atoms with van der Waals surface area (Å²) in [5.41, 5.74) is 2.11. The van der Waals surface area contributed by atoms with Crippen molar-refractivity contribution >= 4 is 28.8 Å². The molecule has 0 saturated carbocycles. The first kappa shape index (κ1) is 17.5. The van der Waals surface area contributed by atoms with Gasteiger partial charge in [0.05, 0.1) is 26.9 Å². The number of aryl methyl sites for hydroxylation is 1. The average molecular weight is 333 g/mol. The van der Waals surface area contributed by atoms with Crippen molar-refractivity contribution in [1.29, 1.82) is 0 Å². The first-order valence-corrected chi connectivity index (χ1v) is 7.39. The molecule has 2 aromatic rings. The van der Waals surface area contributed by atoms with Crippen LogP contribution in [0.2, 0.25) is 0 Å². The molecule has 0 aliphatic heterocycles. The van der Waals surface area contributed by atoms with E-state index in [4.69, 9.17) is 9.47 Å². The largest absolute Gasteiger partial charge is 0.469 e. The van der Waals surface area contributed by atoms with Crippen LogP contribution in [0.5, 0.6) is 0 Å². The lowest BCUT2D eigenvalue weighted by Crippen LogP contribution is -2.06. The Morgan fingerprint density at radius 3 is 2.33 bits per heavy atom. The van der Waals surface area contributed by atoms with E-state index in [0.29, 0.717) is 35.2 Å². The lowest BCUT2D eigenvalue weighted by molar-refractivity contribution is -0.140. The van der Waals surface area contributed by atoms with Crippen molar-refractivity contribution in [2.45, 2.75) is 19.3 Å². The van der Waals surface area contributed by atoms with E-state index in [1.165, 1.54) is 21.3 Å². The van der Waals surface area contributed by atoms with E-state index in [-0.39, 0.29) is 12.4 Å². The summed E-state index contributed by atoms with van der Waals surface area (Å²) in [5, 5.41) is 0.725. The van der Waals surface area contributed by atoms with Crippen molar-refractivity contribution in [2.75, 3.05) is 21.3 Å². The van der Waals surface area contributed by atoms with Gasteiger partial charge in [-0.1, -0.05) is 0 Å². The Morgan fingerprint density at radius 1 is 1.00 bits per heavy atom. The summed E-state index contributed by atoms with van der Waals surface area (Å²) in [4.78, 5) is 38.0. The van der Waals surface area contributed by atoms with Gasteiger partial charge < -0.3 is 19.2 Å². The molecule has 0 amide bonds. The second-order valence-corrected chi connectivity index (χ2v) is 5.15. The van der Waals surface area contributed by atoms with Crippen LogP contribution in [0, 0.1) is 0 Å². The molecule has 0 bridgehead atoms. The highest BCUT2D eigenvalue weighted by Crippen LogP contribution is 2.26. The van der Waals surface area contributed by atoms with E-state index >= 15 is 0 Å². The molecule has 0 atom stereocenters. The van der Waals surface area contributed by atoms with E-state index in [9.17, 15) is 14.4 Å². The molecule has 1 heterocycles. The topological polar surface area (TPSA) is 94.7 Å². The molecule has 7 nitrogen and oxygen atoms in total. The van der Waals surface area contributed by atoms with Crippen LogP contribution >= 0.6 is 0 Å². The van der Waals surface area contributed by atoms with Gasteiger partial charge in [-0.15, -0.1) is 0 Å². The third-order valence-electron chi connectivity index (χ3n) is 3.75. The van der Waals surface area contributed by atoms with Gasteiger partial charge in [0.25, 0.3) is 0 Å². The molecular weight excluding hydrogens is 314 g/mol. The van der Waals surface area contributed by atoms with Gasteiger partial charge >= 0.3 is 17.9 Å². The molecule has 0 unspecified atom stereocenters. The molecule has 1 N–H and O–H groups in total. The predicted molar refractivity (Wildman–Crippen MR) is 85.9 cm³/mol. The number of esters is 3. The van der Waals surface area contributed by atoms with Crippen molar-refractivity contribution in [3.05, 3.63) is 35.0 Å². The number of benzene rings is 1. The summed E-state index contributed by atoms with van der Waals surface area (Å²) in [6, 6.07) is 4.99. The summed E-state index contributed by atoms with van der Waals surface area (Å²) >= 11 is 0. The maximum atomic E-state index is 12.0. The summed E-state index contributed by atoms with van der Waals surface area (Å²) in [6.07, 6.45) is 1.21. The monoisotopic (exact) mass is 333 g/mol. The Balaban J connectivity index is 2.43. The number of rotatable bonds is 6. The fourth-order valence-corrected chi connectivity index (χ4v) is 2.54. The molecule has 0 radical (unpaired) electrons. The standard InChI is InChI=1S/C17H19NO6/c1-22-14(19)6-4-5-11-12-9-10(16(20)23-2)7-8-13(12)18-15(11)17(21)24-3/h7-9,18H,4-6H2,1-3H3. The zero-order chi connectivity index (χ0) is 17.7. The molecular formula is C17H19NO6. The van der Waals surface area contributed by atoms with Gasteiger partial charge in [-0.3, -0.25) is 4.79 Å². The smallest absolute Gasteiger partial charge is 0.354 e. The third-order valence-corrected chi connectivity index (χ3v) is 3.75. The number of ether oxygens (including phenoxy) is 3. The van der Waals surface area contributed by atoms with Gasteiger partial charge in [0.1, 0.15) is 5.69 Å². The van der Waals surface area contributed by atoms with Crippen molar-refractivity contribution in [3.63, 3.8) is 0 Å². The predicted octanol–water partition coefficient (Wildman–Crippen LogP) is 2.24. The van der Waals surface area contributed by atoms with Crippen molar-refractivity contribution < 1.29 is 28.6 Å². The Labute approximate surface area is 138 Å². The lowest BCUT2D eigenvalue weighted by atomic mass is 10.0. The fraction of sp³-hybridized carbons (Fsp3) is 0.353. The van der Waals surface area contributed by atoms with Crippen LogP contribution in [0.1, 0.15) is 39.3 Å². The molecule has 1 aromatic carbocycles. The number of aromatic amines is 1. The van der Waals surface area contributed by atoms with E-state index < -0.39 is 11.9 Å². The van der Waals surface area contributed by atoms with Crippen LogP contribution < -0.4 is 0 Å². The number of methoxy groups -OCH3 is 3. The lowest BCUT2D eigenvalue weighted by Gasteiger charge is -2.04. The van der Waals surface area contributed by atoms with Crippen molar-refractivity contribution in [2.24, 2.45) is 0 Å². The number of nitrogens with one attached hydrogen (secondary N) is 1. The highest BCUT2D eigenvalue weighted by atomic mass is 16.5. The van der Waals surface area contributed by atoms with Crippen LogP contribution in [0.25, 0.3) is 10.9 Å². The molecule has 0 saturated heterocycles. The van der Waals surface area contributed by atoms with Crippen LogP contribution in [0.3, 0.4) is 0 Å². The van der Waals surface area contributed by atoms with Gasteiger partial charge in [-0.25, -0.2) is 9.59 Å². The molecule has 24 heavy (non-hydrogen) atoms. The van der Waals surface area contributed by atoms with Crippen molar-refractivity contribution in [3.8, 4) is 0 Å². The molecule has 0 aliphatic carbocycles. The van der Waals surface area contributed by atoms with E-state index in [2.05, 4.69) is 9.72 Å². The first-order chi connectivity index (χ1) is 11.5. The van der Waals surface area contributed by atoms with E-state index in [1.54, 1.807) is 18.2 Å². The molecule has 0 spiro atoms. The Bertz CT molecular complexity index is 777. The molecule has 0 aliphatic rings. The SMILES string of the molecule is COC(=O)CCCc1c(C(=O)OC)[nH]c2ccc(C(=O)OC)cc12. The minimum Gasteiger partial charge on any atom is -0.469 e. The summed E-state index contributed by atoms with van der Waals surface area (Å²) in [6.45, 7) is 0. The number of fused-ring (bicyclic) bond motifs is 1. The van der Waals surface area contributed by atoms with Gasteiger partial charge in [0.15, 0.2) is 0 Å². The first-order valence-electron chi connectivity index (χ1n) is 7.39. The van der Waals surface area contributed by atoms with Crippen LogP contribution in [0.15, 0.2) is 18.2 Å².